The van der Waals surface area contributed by atoms with Crippen LogP contribution >= 0.6 is 0 Å². The van der Waals surface area contributed by atoms with Gasteiger partial charge in [0.25, 0.3) is 0 Å². The quantitative estimate of drug-likeness (QED) is 0.865. The molecular weight excluding hydrogens is 284 g/mol. The maximum absolute atomic E-state index is 13.1. The van der Waals surface area contributed by atoms with E-state index in [4.69, 9.17) is 4.52 Å². The van der Waals surface area contributed by atoms with Crippen LogP contribution in [0.15, 0.2) is 26.1 Å². The lowest BCUT2D eigenvalue weighted by Crippen LogP contribution is -2.27. The Morgan fingerprint density at radius 1 is 1.33 bits per heavy atom. The minimum atomic E-state index is -2.56. The van der Waals surface area contributed by atoms with Crippen LogP contribution in [0.2, 0.25) is 0 Å². The second kappa shape index (κ2) is 5.42. The van der Waals surface area contributed by atoms with Crippen LogP contribution in [-0.4, -0.2) is 20.8 Å². The van der Waals surface area contributed by atoms with Crippen molar-refractivity contribution < 1.29 is 17.8 Å². The van der Waals surface area contributed by atoms with Gasteiger partial charge in [0.05, 0.1) is 12.7 Å². The maximum atomic E-state index is 13.1. The van der Waals surface area contributed by atoms with Crippen molar-refractivity contribution in [2.75, 3.05) is 0 Å². The average Bonchev–Trinajstić information content (AvgIpc) is 3.06. The molecule has 2 aromatic heterocycles. The van der Waals surface area contributed by atoms with Crippen molar-refractivity contribution in [3.8, 4) is 0 Å². The molecule has 1 fully saturated rings. The Hall–Kier alpha value is -1.99. The SMILES string of the molecule is O=c1onc(CC2CCC(F)(F)CC2)n1Cc1ccno1. The molecule has 0 bridgehead atoms. The van der Waals surface area contributed by atoms with E-state index in [0.29, 0.717) is 30.8 Å². The zero-order valence-electron chi connectivity index (χ0n) is 11.3. The topological polar surface area (TPSA) is 74.1 Å². The molecule has 2 heterocycles. The van der Waals surface area contributed by atoms with Gasteiger partial charge in [-0.1, -0.05) is 10.3 Å². The standard InChI is InChI=1S/C13H15F2N3O3/c14-13(15)4-1-9(2-5-13)7-11-17-21-12(19)18(11)8-10-3-6-16-20-10/h3,6,9H,1-2,4-5,7-8H2. The second-order valence-corrected chi connectivity index (χ2v) is 5.43. The number of aromatic nitrogens is 3. The Balaban J connectivity index is 1.70. The summed E-state index contributed by atoms with van der Waals surface area (Å²) < 4.78 is 37.3. The van der Waals surface area contributed by atoms with Gasteiger partial charge < -0.3 is 4.52 Å². The fraction of sp³-hybridized carbons (Fsp3) is 0.615. The predicted octanol–water partition coefficient (Wildman–Crippen LogP) is 2.24. The summed E-state index contributed by atoms with van der Waals surface area (Å²) in [6.07, 6.45) is 2.57. The molecule has 8 heteroatoms. The van der Waals surface area contributed by atoms with Crippen molar-refractivity contribution in [2.45, 2.75) is 44.6 Å². The highest BCUT2D eigenvalue weighted by Crippen LogP contribution is 2.37. The second-order valence-electron chi connectivity index (χ2n) is 5.43. The molecule has 0 saturated heterocycles. The van der Waals surface area contributed by atoms with E-state index in [2.05, 4.69) is 14.8 Å². The molecule has 0 unspecified atom stereocenters. The van der Waals surface area contributed by atoms with Gasteiger partial charge in [-0.15, -0.1) is 0 Å². The van der Waals surface area contributed by atoms with Crippen LogP contribution < -0.4 is 5.76 Å². The zero-order chi connectivity index (χ0) is 14.9. The van der Waals surface area contributed by atoms with Gasteiger partial charge in [-0.3, -0.25) is 9.09 Å². The molecule has 6 nitrogen and oxygen atoms in total. The highest BCUT2D eigenvalue weighted by Gasteiger charge is 2.35. The first-order valence-electron chi connectivity index (χ1n) is 6.86. The fourth-order valence-electron chi connectivity index (χ4n) is 2.64. The van der Waals surface area contributed by atoms with E-state index in [-0.39, 0.29) is 25.3 Å². The van der Waals surface area contributed by atoms with Gasteiger partial charge in [0.1, 0.15) is 0 Å². The van der Waals surface area contributed by atoms with Crippen molar-refractivity contribution in [1.82, 2.24) is 14.9 Å². The summed E-state index contributed by atoms with van der Waals surface area (Å²) in [7, 11) is 0. The Bertz CT molecular complexity index is 638. The highest BCUT2D eigenvalue weighted by molar-refractivity contribution is 4.98. The van der Waals surface area contributed by atoms with E-state index in [9.17, 15) is 13.6 Å². The number of nitrogens with zero attached hydrogens (tertiary/aromatic N) is 3. The minimum absolute atomic E-state index is 0.0927. The number of rotatable bonds is 4. The zero-order valence-corrected chi connectivity index (χ0v) is 11.3. The van der Waals surface area contributed by atoms with Crippen LogP contribution in [0, 0.1) is 5.92 Å². The Morgan fingerprint density at radius 2 is 2.10 bits per heavy atom. The van der Waals surface area contributed by atoms with Gasteiger partial charge in [0, 0.05) is 25.3 Å². The monoisotopic (exact) mass is 299 g/mol. The summed E-state index contributed by atoms with van der Waals surface area (Å²) in [5.74, 6) is -2.07. The molecule has 21 heavy (non-hydrogen) atoms. The van der Waals surface area contributed by atoms with Crippen LogP contribution in [0.4, 0.5) is 8.78 Å². The molecule has 0 radical (unpaired) electrons. The smallest absolute Gasteiger partial charge is 0.359 e. The van der Waals surface area contributed by atoms with Gasteiger partial charge in [-0.25, -0.2) is 13.6 Å². The lowest BCUT2D eigenvalue weighted by Gasteiger charge is -2.27. The maximum Gasteiger partial charge on any atom is 0.442 e. The third kappa shape index (κ3) is 3.20. The molecule has 0 atom stereocenters. The van der Waals surface area contributed by atoms with Crippen molar-refractivity contribution in [2.24, 2.45) is 5.92 Å². The molecule has 0 N–H and O–H groups in total. The van der Waals surface area contributed by atoms with Gasteiger partial charge in [0.2, 0.25) is 5.92 Å². The number of hydrogen-bond donors (Lipinski definition) is 0. The Morgan fingerprint density at radius 3 is 2.76 bits per heavy atom. The summed E-state index contributed by atoms with van der Waals surface area (Å²) in [5.41, 5.74) is 0. The highest BCUT2D eigenvalue weighted by atomic mass is 19.3. The molecule has 1 aliphatic carbocycles. The summed E-state index contributed by atoms with van der Waals surface area (Å²) in [6, 6.07) is 1.64. The first-order valence-corrected chi connectivity index (χ1v) is 6.86. The van der Waals surface area contributed by atoms with Crippen LogP contribution in [0.3, 0.4) is 0 Å². The number of alkyl halides is 2. The van der Waals surface area contributed by atoms with Gasteiger partial charge in [-0.05, 0) is 18.8 Å². The van der Waals surface area contributed by atoms with Crippen molar-refractivity contribution in [1.29, 1.82) is 0 Å². The normalized spacial score (nSPS) is 19.0. The fourth-order valence-corrected chi connectivity index (χ4v) is 2.64. The molecule has 1 aliphatic rings. The van der Waals surface area contributed by atoms with Crippen LogP contribution in [-0.2, 0) is 13.0 Å². The van der Waals surface area contributed by atoms with Gasteiger partial charge in [0.15, 0.2) is 11.6 Å². The lowest BCUT2D eigenvalue weighted by molar-refractivity contribution is -0.0459. The largest absolute Gasteiger partial charge is 0.442 e. The summed E-state index contributed by atoms with van der Waals surface area (Å²) in [6.45, 7) is 0.181. The van der Waals surface area contributed by atoms with Gasteiger partial charge in [-0.2, -0.15) is 0 Å². The molecule has 1 saturated carbocycles. The van der Waals surface area contributed by atoms with Crippen molar-refractivity contribution in [3.63, 3.8) is 0 Å². The molecule has 2 aromatic rings. The molecule has 114 valence electrons. The number of halogens is 2. The van der Waals surface area contributed by atoms with E-state index in [0.717, 1.165) is 0 Å². The van der Waals surface area contributed by atoms with E-state index in [1.54, 1.807) is 6.07 Å². The van der Waals surface area contributed by atoms with E-state index in [1.165, 1.54) is 10.8 Å². The Kier molecular flexibility index (Phi) is 3.60. The summed E-state index contributed by atoms with van der Waals surface area (Å²) in [4.78, 5) is 11.7. The van der Waals surface area contributed by atoms with E-state index < -0.39 is 11.7 Å². The first-order chi connectivity index (χ1) is 10.0. The van der Waals surface area contributed by atoms with Gasteiger partial charge >= 0.3 is 5.76 Å². The van der Waals surface area contributed by atoms with E-state index in [1.807, 2.05) is 0 Å². The van der Waals surface area contributed by atoms with Crippen LogP contribution in [0.5, 0.6) is 0 Å². The third-order valence-electron chi connectivity index (χ3n) is 3.87. The molecule has 0 amide bonds. The molecule has 0 aromatic carbocycles. The predicted molar refractivity (Wildman–Crippen MR) is 67.0 cm³/mol. The lowest BCUT2D eigenvalue weighted by atomic mass is 9.84. The van der Waals surface area contributed by atoms with Crippen molar-refractivity contribution in [3.05, 3.63) is 34.4 Å². The van der Waals surface area contributed by atoms with Crippen LogP contribution in [0.25, 0.3) is 0 Å². The summed E-state index contributed by atoms with van der Waals surface area (Å²) in [5, 5.41) is 7.32. The summed E-state index contributed by atoms with van der Waals surface area (Å²) >= 11 is 0. The Labute approximate surface area is 118 Å². The minimum Gasteiger partial charge on any atom is -0.359 e. The third-order valence-corrected chi connectivity index (χ3v) is 3.87. The average molecular weight is 299 g/mol. The molecule has 0 spiro atoms. The molecular formula is C13H15F2N3O3. The van der Waals surface area contributed by atoms with Crippen molar-refractivity contribution >= 4 is 0 Å². The number of hydrogen-bond acceptors (Lipinski definition) is 5. The van der Waals surface area contributed by atoms with Crippen LogP contribution in [0.1, 0.15) is 37.3 Å². The van der Waals surface area contributed by atoms with E-state index >= 15 is 0 Å². The molecule has 3 rings (SSSR count). The molecule has 0 aliphatic heterocycles. The first kappa shape index (κ1) is 14.0.